The second kappa shape index (κ2) is 1.85. The van der Waals surface area contributed by atoms with Gasteiger partial charge in [0.1, 0.15) is 0 Å². The number of phenols is 2. The van der Waals surface area contributed by atoms with Gasteiger partial charge in [-0.05, 0) is 12.1 Å². The second-order valence-electron chi connectivity index (χ2n) is 1.70. The van der Waals surface area contributed by atoms with Crippen LogP contribution in [0.1, 0.15) is 0 Å². The largest absolute Gasteiger partial charge is 0.504 e. The summed E-state index contributed by atoms with van der Waals surface area (Å²) in [6, 6.07) is 3.85. The lowest BCUT2D eigenvalue weighted by Gasteiger charge is -1.95. The van der Waals surface area contributed by atoms with E-state index in [4.69, 9.17) is 15.9 Å². The average Bonchev–Trinajstić information content (AvgIpc) is 1.80. The van der Waals surface area contributed by atoms with E-state index in [-0.39, 0.29) is 17.2 Å². The topological polar surface area (TPSA) is 64.3 Å². The maximum absolute atomic E-state index is 8.73. The zero-order valence-electron chi connectivity index (χ0n) is 4.63. The Morgan fingerprint density at radius 2 is 1.78 bits per heavy atom. The standard InChI is InChI=1S/C6H6NO2/c7-4-1-2-5(8)6(9)3-4/h1-3,7-9H. The zero-order chi connectivity index (χ0) is 6.85. The first-order chi connectivity index (χ1) is 4.20. The van der Waals surface area contributed by atoms with Crippen molar-refractivity contribution in [2.75, 3.05) is 0 Å². The fourth-order valence-corrected chi connectivity index (χ4v) is 0.523. The number of hydrogen-bond donors (Lipinski definition) is 2. The van der Waals surface area contributed by atoms with Gasteiger partial charge in [-0.3, -0.25) is 0 Å². The molecule has 1 aromatic rings. The smallest absolute Gasteiger partial charge is 0.159 e. The zero-order valence-corrected chi connectivity index (χ0v) is 4.63. The van der Waals surface area contributed by atoms with Gasteiger partial charge in [0.15, 0.2) is 11.5 Å². The van der Waals surface area contributed by atoms with Crippen molar-refractivity contribution in [1.29, 1.82) is 0 Å². The van der Waals surface area contributed by atoms with E-state index >= 15 is 0 Å². The molecule has 3 heteroatoms. The van der Waals surface area contributed by atoms with Gasteiger partial charge in [-0.1, -0.05) is 0 Å². The van der Waals surface area contributed by atoms with E-state index in [9.17, 15) is 0 Å². The normalized spacial score (nSPS) is 9.33. The van der Waals surface area contributed by atoms with Crippen LogP contribution in [0.2, 0.25) is 0 Å². The summed E-state index contributed by atoms with van der Waals surface area (Å²) in [5, 5.41) is 17.4. The van der Waals surface area contributed by atoms with Crippen LogP contribution in [0.5, 0.6) is 11.5 Å². The van der Waals surface area contributed by atoms with Crippen molar-refractivity contribution >= 4 is 5.69 Å². The molecule has 0 spiro atoms. The third kappa shape index (κ3) is 1.05. The molecule has 3 nitrogen and oxygen atoms in total. The first kappa shape index (κ1) is 5.75. The van der Waals surface area contributed by atoms with E-state index in [1.54, 1.807) is 0 Å². The molecule has 0 aliphatic carbocycles. The van der Waals surface area contributed by atoms with Crippen molar-refractivity contribution in [2.24, 2.45) is 0 Å². The second-order valence-corrected chi connectivity index (χ2v) is 1.70. The van der Waals surface area contributed by atoms with Crippen LogP contribution in [0.4, 0.5) is 5.69 Å². The maximum Gasteiger partial charge on any atom is 0.159 e. The van der Waals surface area contributed by atoms with E-state index in [1.165, 1.54) is 18.2 Å². The van der Waals surface area contributed by atoms with Crippen LogP contribution in [0.25, 0.3) is 0 Å². The molecule has 0 aliphatic rings. The van der Waals surface area contributed by atoms with Crippen LogP contribution in [-0.2, 0) is 0 Å². The van der Waals surface area contributed by atoms with Gasteiger partial charge >= 0.3 is 0 Å². The van der Waals surface area contributed by atoms with Crippen molar-refractivity contribution in [3.05, 3.63) is 18.2 Å². The first-order valence-electron chi connectivity index (χ1n) is 2.44. The van der Waals surface area contributed by atoms with Crippen molar-refractivity contribution in [3.63, 3.8) is 0 Å². The quantitative estimate of drug-likeness (QED) is 0.400. The molecule has 0 fully saturated rings. The molecular weight excluding hydrogens is 118 g/mol. The molecule has 1 aromatic carbocycles. The molecule has 0 amide bonds. The summed E-state index contributed by atoms with van der Waals surface area (Å²) >= 11 is 0. The summed E-state index contributed by atoms with van der Waals surface area (Å²) in [7, 11) is 0. The molecule has 47 valence electrons. The van der Waals surface area contributed by atoms with Gasteiger partial charge in [0.25, 0.3) is 0 Å². The van der Waals surface area contributed by atoms with Crippen LogP contribution < -0.4 is 5.73 Å². The van der Waals surface area contributed by atoms with Crippen molar-refractivity contribution < 1.29 is 10.2 Å². The van der Waals surface area contributed by atoms with Crippen molar-refractivity contribution in [3.8, 4) is 11.5 Å². The van der Waals surface area contributed by atoms with E-state index in [1.807, 2.05) is 0 Å². The first-order valence-corrected chi connectivity index (χ1v) is 2.44. The molecule has 0 atom stereocenters. The summed E-state index contributed by atoms with van der Waals surface area (Å²) in [6.45, 7) is 0. The summed E-state index contributed by atoms with van der Waals surface area (Å²) in [6.07, 6.45) is 0. The summed E-state index contributed by atoms with van der Waals surface area (Å²) in [4.78, 5) is 0. The highest BCUT2D eigenvalue weighted by molar-refractivity contribution is 5.48. The minimum absolute atomic E-state index is 0.185. The highest BCUT2D eigenvalue weighted by atomic mass is 16.3. The van der Waals surface area contributed by atoms with E-state index in [0.29, 0.717) is 0 Å². The average molecular weight is 124 g/mol. The summed E-state index contributed by atoms with van der Waals surface area (Å²) in [5.74, 6) is -0.437. The molecule has 9 heavy (non-hydrogen) atoms. The number of benzene rings is 1. The van der Waals surface area contributed by atoms with Gasteiger partial charge in [-0.25, -0.2) is 0 Å². The fourth-order valence-electron chi connectivity index (χ4n) is 0.523. The SMILES string of the molecule is [NH]c1ccc(O)c(O)c1. The highest BCUT2D eigenvalue weighted by Gasteiger charge is 1.95. The van der Waals surface area contributed by atoms with Gasteiger partial charge in [-0.2, -0.15) is 0 Å². The Morgan fingerprint density at radius 3 is 2.22 bits per heavy atom. The highest BCUT2D eigenvalue weighted by Crippen LogP contribution is 2.25. The van der Waals surface area contributed by atoms with Crippen molar-refractivity contribution in [2.45, 2.75) is 0 Å². The van der Waals surface area contributed by atoms with Gasteiger partial charge in [0, 0.05) is 6.07 Å². The van der Waals surface area contributed by atoms with E-state index in [2.05, 4.69) is 0 Å². The van der Waals surface area contributed by atoms with E-state index < -0.39 is 0 Å². The molecule has 0 aromatic heterocycles. The lowest BCUT2D eigenvalue weighted by molar-refractivity contribution is 0.404. The molecule has 1 rings (SSSR count). The van der Waals surface area contributed by atoms with Crippen LogP contribution >= 0.6 is 0 Å². The lowest BCUT2D eigenvalue weighted by Crippen LogP contribution is -1.69. The molecule has 3 N–H and O–H groups in total. The molecule has 0 unspecified atom stereocenters. The Morgan fingerprint density at radius 1 is 1.11 bits per heavy atom. The van der Waals surface area contributed by atoms with Gasteiger partial charge < -0.3 is 15.9 Å². The molecule has 0 heterocycles. The molecular formula is C6H6NO2. The van der Waals surface area contributed by atoms with Crippen molar-refractivity contribution in [1.82, 2.24) is 5.73 Å². The Kier molecular flexibility index (Phi) is 1.18. The lowest BCUT2D eigenvalue weighted by atomic mass is 10.3. The Balaban J connectivity index is 3.17. The number of aromatic hydroxyl groups is 2. The monoisotopic (exact) mass is 124 g/mol. The molecule has 1 radical (unpaired) electrons. The van der Waals surface area contributed by atoms with Crippen LogP contribution in [0.15, 0.2) is 18.2 Å². The van der Waals surface area contributed by atoms with Crippen LogP contribution in [-0.4, -0.2) is 10.2 Å². The minimum Gasteiger partial charge on any atom is -0.504 e. The Labute approximate surface area is 52.4 Å². The number of phenolic OH excluding ortho intramolecular Hbond substituents is 2. The Hall–Kier alpha value is -1.38. The number of hydrogen-bond acceptors (Lipinski definition) is 2. The number of rotatable bonds is 0. The van der Waals surface area contributed by atoms with Crippen LogP contribution in [0, 0.1) is 0 Å². The molecule has 0 aliphatic heterocycles. The minimum atomic E-state index is -0.248. The third-order valence-electron chi connectivity index (χ3n) is 0.975. The molecule has 0 bridgehead atoms. The van der Waals surface area contributed by atoms with E-state index in [0.717, 1.165) is 0 Å². The Bertz CT molecular complexity index is 222. The number of nitrogens with one attached hydrogen (secondary N) is 1. The van der Waals surface area contributed by atoms with Crippen LogP contribution in [0.3, 0.4) is 0 Å². The summed E-state index contributed by atoms with van der Waals surface area (Å²) in [5.41, 5.74) is 7.15. The predicted molar refractivity (Wildman–Crippen MR) is 32.5 cm³/mol. The van der Waals surface area contributed by atoms with Gasteiger partial charge in [0.2, 0.25) is 0 Å². The maximum atomic E-state index is 8.73. The molecule has 0 saturated carbocycles. The van der Waals surface area contributed by atoms with Gasteiger partial charge in [-0.15, -0.1) is 0 Å². The third-order valence-corrected chi connectivity index (χ3v) is 0.975. The van der Waals surface area contributed by atoms with Gasteiger partial charge in [0.05, 0.1) is 5.69 Å². The summed E-state index contributed by atoms with van der Waals surface area (Å²) < 4.78 is 0. The molecule has 0 saturated heterocycles. The fraction of sp³-hybridized carbons (Fsp3) is 0. The predicted octanol–water partition coefficient (Wildman–Crippen LogP) is 1.01.